The summed E-state index contributed by atoms with van der Waals surface area (Å²) in [6.45, 7) is 3.32. The molecule has 0 bridgehead atoms. The van der Waals surface area contributed by atoms with Gasteiger partial charge in [0, 0.05) is 6.04 Å². The topological polar surface area (TPSA) is 21.3 Å². The van der Waals surface area contributed by atoms with Gasteiger partial charge in [0.2, 0.25) is 0 Å². The highest BCUT2D eigenvalue weighted by molar-refractivity contribution is 5.21. The molecule has 0 radical (unpaired) electrons. The van der Waals surface area contributed by atoms with Gasteiger partial charge in [0.1, 0.15) is 5.75 Å². The first-order chi connectivity index (χ1) is 7.34. The van der Waals surface area contributed by atoms with E-state index in [1.54, 1.807) is 0 Å². The van der Waals surface area contributed by atoms with Gasteiger partial charge in [-0.1, -0.05) is 18.2 Å². The van der Waals surface area contributed by atoms with Crippen molar-refractivity contribution >= 4 is 0 Å². The first kappa shape index (κ1) is 10.5. The Balaban J connectivity index is 1.79. The monoisotopic (exact) mass is 205 g/mol. The maximum Gasteiger partial charge on any atom is 0.119 e. The van der Waals surface area contributed by atoms with Crippen LogP contribution >= 0.6 is 0 Å². The summed E-state index contributed by atoms with van der Waals surface area (Å²) >= 11 is 0. The van der Waals surface area contributed by atoms with E-state index < -0.39 is 0 Å². The van der Waals surface area contributed by atoms with Crippen LogP contribution in [-0.4, -0.2) is 18.7 Å². The van der Waals surface area contributed by atoms with Gasteiger partial charge in [0.15, 0.2) is 0 Å². The predicted octanol–water partition coefficient (Wildman–Crippen LogP) is 2.60. The molecule has 0 saturated carbocycles. The van der Waals surface area contributed by atoms with Gasteiger partial charge in [-0.3, -0.25) is 0 Å². The molecule has 2 heteroatoms. The van der Waals surface area contributed by atoms with Crippen molar-refractivity contribution in [3.63, 3.8) is 0 Å². The molecule has 0 spiro atoms. The van der Waals surface area contributed by atoms with Gasteiger partial charge in [-0.15, -0.1) is 0 Å². The van der Waals surface area contributed by atoms with E-state index in [9.17, 15) is 0 Å². The Morgan fingerprint density at radius 3 is 2.87 bits per heavy atom. The number of benzene rings is 1. The lowest BCUT2D eigenvalue weighted by atomic mass is 10.1. The summed E-state index contributed by atoms with van der Waals surface area (Å²) in [6.07, 6.45) is 4.00. The van der Waals surface area contributed by atoms with Crippen LogP contribution in [-0.2, 0) is 0 Å². The molecule has 0 aliphatic carbocycles. The average Bonchev–Trinajstić information content (AvgIpc) is 2.71. The minimum atomic E-state index is 0.294. The van der Waals surface area contributed by atoms with Crippen LogP contribution in [0.3, 0.4) is 0 Å². The van der Waals surface area contributed by atoms with Gasteiger partial charge in [0.05, 0.1) is 6.10 Å². The van der Waals surface area contributed by atoms with Crippen LogP contribution in [0.1, 0.15) is 26.2 Å². The third kappa shape index (κ3) is 3.24. The third-order valence-corrected chi connectivity index (χ3v) is 2.86. The Hall–Kier alpha value is -1.02. The first-order valence-electron chi connectivity index (χ1n) is 5.79. The second-order valence-electron chi connectivity index (χ2n) is 4.27. The van der Waals surface area contributed by atoms with E-state index >= 15 is 0 Å². The van der Waals surface area contributed by atoms with Crippen LogP contribution in [0.2, 0.25) is 0 Å². The van der Waals surface area contributed by atoms with Crippen molar-refractivity contribution < 1.29 is 4.74 Å². The van der Waals surface area contributed by atoms with Crippen molar-refractivity contribution in [2.24, 2.45) is 0 Å². The number of nitrogens with one attached hydrogen (secondary N) is 1. The van der Waals surface area contributed by atoms with Gasteiger partial charge >= 0.3 is 0 Å². The maximum atomic E-state index is 5.84. The molecule has 1 N–H and O–H groups in total. The number of para-hydroxylation sites is 1. The van der Waals surface area contributed by atoms with Gasteiger partial charge in [-0.25, -0.2) is 0 Å². The summed E-state index contributed by atoms with van der Waals surface area (Å²) < 4.78 is 5.84. The highest BCUT2D eigenvalue weighted by Gasteiger charge is 2.17. The lowest BCUT2D eigenvalue weighted by Gasteiger charge is -2.18. The lowest BCUT2D eigenvalue weighted by Crippen LogP contribution is -2.28. The second-order valence-corrected chi connectivity index (χ2v) is 4.27. The Morgan fingerprint density at radius 1 is 1.40 bits per heavy atom. The van der Waals surface area contributed by atoms with E-state index in [0.29, 0.717) is 12.1 Å². The van der Waals surface area contributed by atoms with Crippen molar-refractivity contribution in [3.8, 4) is 5.75 Å². The smallest absolute Gasteiger partial charge is 0.119 e. The van der Waals surface area contributed by atoms with Crippen LogP contribution in [0.15, 0.2) is 30.3 Å². The molecule has 2 atom stereocenters. The highest BCUT2D eigenvalue weighted by atomic mass is 16.5. The van der Waals surface area contributed by atoms with Crippen molar-refractivity contribution in [2.45, 2.75) is 38.3 Å². The van der Waals surface area contributed by atoms with Gasteiger partial charge in [-0.05, 0) is 44.9 Å². The fourth-order valence-corrected chi connectivity index (χ4v) is 2.14. The minimum absolute atomic E-state index is 0.294. The van der Waals surface area contributed by atoms with Gasteiger partial charge in [-0.2, -0.15) is 0 Å². The average molecular weight is 205 g/mol. The van der Waals surface area contributed by atoms with Crippen LogP contribution in [0.5, 0.6) is 5.75 Å². The molecule has 1 fully saturated rings. The second kappa shape index (κ2) is 5.17. The zero-order valence-corrected chi connectivity index (χ0v) is 9.28. The molecule has 0 amide bonds. The van der Waals surface area contributed by atoms with E-state index in [4.69, 9.17) is 4.74 Å². The summed E-state index contributed by atoms with van der Waals surface area (Å²) in [5.41, 5.74) is 0. The molecule has 1 aromatic rings. The Morgan fingerprint density at radius 2 is 2.20 bits per heavy atom. The van der Waals surface area contributed by atoms with Gasteiger partial charge in [0.25, 0.3) is 0 Å². The van der Waals surface area contributed by atoms with Crippen LogP contribution in [0.4, 0.5) is 0 Å². The predicted molar refractivity (Wildman–Crippen MR) is 62.2 cm³/mol. The normalized spacial score (nSPS) is 22.6. The van der Waals surface area contributed by atoms with E-state index in [1.165, 1.54) is 19.4 Å². The van der Waals surface area contributed by atoms with Gasteiger partial charge < -0.3 is 10.1 Å². The molecule has 0 aromatic heterocycles. The number of ether oxygens (including phenoxy) is 1. The summed E-state index contributed by atoms with van der Waals surface area (Å²) in [5, 5.41) is 3.49. The number of hydrogen-bond donors (Lipinski definition) is 1. The standard InChI is InChI=1S/C13H19NO/c1-11(10-12-6-5-9-14-12)15-13-7-3-2-4-8-13/h2-4,7-8,11-12,14H,5-6,9-10H2,1H3/t11?,12-/m0/s1. The number of hydrogen-bond acceptors (Lipinski definition) is 2. The molecule has 2 rings (SSSR count). The molecule has 1 unspecified atom stereocenters. The van der Waals surface area contributed by atoms with Crippen LogP contribution in [0, 0.1) is 0 Å². The molecular formula is C13H19NO. The van der Waals surface area contributed by atoms with E-state index in [-0.39, 0.29) is 0 Å². The fraction of sp³-hybridized carbons (Fsp3) is 0.538. The first-order valence-corrected chi connectivity index (χ1v) is 5.79. The molecule has 1 aliphatic heterocycles. The van der Waals surface area contributed by atoms with E-state index in [2.05, 4.69) is 12.2 Å². The zero-order chi connectivity index (χ0) is 10.5. The summed E-state index contributed by atoms with van der Waals surface area (Å²) in [5.74, 6) is 0.975. The van der Waals surface area contributed by atoms with Crippen molar-refractivity contribution in [1.29, 1.82) is 0 Å². The molecule has 1 aliphatic rings. The number of rotatable bonds is 4. The van der Waals surface area contributed by atoms with Crippen molar-refractivity contribution in [2.75, 3.05) is 6.54 Å². The minimum Gasteiger partial charge on any atom is -0.491 e. The fourth-order valence-electron chi connectivity index (χ4n) is 2.14. The molecule has 1 saturated heterocycles. The molecule has 1 heterocycles. The lowest BCUT2D eigenvalue weighted by molar-refractivity contribution is 0.197. The molecule has 2 nitrogen and oxygen atoms in total. The largest absolute Gasteiger partial charge is 0.491 e. The third-order valence-electron chi connectivity index (χ3n) is 2.86. The summed E-state index contributed by atoms with van der Waals surface area (Å²) in [4.78, 5) is 0. The maximum absolute atomic E-state index is 5.84. The van der Waals surface area contributed by atoms with Crippen molar-refractivity contribution in [3.05, 3.63) is 30.3 Å². The molecule has 82 valence electrons. The highest BCUT2D eigenvalue weighted by Crippen LogP contribution is 2.16. The van der Waals surface area contributed by atoms with Crippen LogP contribution in [0.25, 0.3) is 0 Å². The molecule has 1 aromatic carbocycles. The summed E-state index contributed by atoms with van der Waals surface area (Å²) in [7, 11) is 0. The Kier molecular flexibility index (Phi) is 3.62. The summed E-state index contributed by atoms with van der Waals surface area (Å²) in [6, 6.07) is 10.7. The van der Waals surface area contributed by atoms with Crippen LogP contribution < -0.4 is 10.1 Å². The van der Waals surface area contributed by atoms with Crippen molar-refractivity contribution in [1.82, 2.24) is 5.32 Å². The quantitative estimate of drug-likeness (QED) is 0.815. The molecular weight excluding hydrogens is 186 g/mol. The van der Waals surface area contributed by atoms with E-state index in [1.807, 2.05) is 30.3 Å². The SMILES string of the molecule is CC(C[C@@H]1CCCN1)Oc1ccccc1. The zero-order valence-electron chi connectivity index (χ0n) is 9.28. The Labute approximate surface area is 91.6 Å². The van der Waals surface area contributed by atoms with E-state index in [0.717, 1.165) is 12.2 Å². The molecule has 15 heavy (non-hydrogen) atoms. The Bertz CT molecular complexity index is 280.